The first-order chi connectivity index (χ1) is 8.25. The summed E-state index contributed by atoms with van der Waals surface area (Å²) in [5.41, 5.74) is 0.0326. The quantitative estimate of drug-likeness (QED) is 0.582. The van der Waals surface area contributed by atoms with Gasteiger partial charge in [-0.25, -0.2) is 4.98 Å². The minimum absolute atomic E-state index is 0.0326. The lowest BCUT2D eigenvalue weighted by molar-refractivity contribution is -0.384. The van der Waals surface area contributed by atoms with Gasteiger partial charge in [0.1, 0.15) is 5.82 Å². The van der Waals surface area contributed by atoms with Crippen molar-refractivity contribution < 1.29 is 9.66 Å². The Balaban J connectivity index is 1.89. The van der Waals surface area contributed by atoms with Gasteiger partial charge in [0.25, 0.3) is 5.69 Å². The molecule has 0 aromatic carbocycles. The predicted octanol–water partition coefficient (Wildman–Crippen LogP) is 0.390. The van der Waals surface area contributed by atoms with Crippen molar-refractivity contribution >= 4 is 11.5 Å². The van der Waals surface area contributed by atoms with E-state index in [-0.39, 0.29) is 11.8 Å². The van der Waals surface area contributed by atoms with Crippen LogP contribution in [0.1, 0.15) is 0 Å². The molecule has 1 saturated heterocycles. The molecule has 0 saturated carbocycles. The van der Waals surface area contributed by atoms with Crippen LogP contribution in [0, 0.1) is 10.1 Å². The van der Waals surface area contributed by atoms with Crippen molar-refractivity contribution in [2.75, 3.05) is 31.6 Å². The van der Waals surface area contributed by atoms with Crippen LogP contribution in [0.4, 0.5) is 11.5 Å². The van der Waals surface area contributed by atoms with Crippen LogP contribution >= 0.6 is 0 Å². The number of aromatic nitrogens is 1. The molecule has 1 atom stereocenters. The Kier molecular flexibility index (Phi) is 3.84. The lowest BCUT2D eigenvalue weighted by atomic mass is 10.3. The number of pyridine rings is 1. The Morgan fingerprint density at radius 3 is 3.29 bits per heavy atom. The van der Waals surface area contributed by atoms with Crippen molar-refractivity contribution in [2.24, 2.45) is 0 Å². The third-order valence-corrected chi connectivity index (χ3v) is 2.47. The van der Waals surface area contributed by atoms with E-state index in [1.54, 1.807) is 0 Å². The van der Waals surface area contributed by atoms with E-state index in [1.165, 1.54) is 18.3 Å². The van der Waals surface area contributed by atoms with Crippen molar-refractivity contribution in [3.63, 3.8) is 0 Å². The summed E-state index contributed by atoms with van der Waals surface area (Å²) in [6, 6.07) is 2.78. The lowest BCUT2D eigenvalue weighted by Crippen LogP contribution is -2.42. The second-order valence-corrected chi connectivity index (χ2v) is 3.73. The smallest absolute Gasteiger partial charge is 0.274 e. The van der Waals surface area contributed by atoms with Crippen LogP contribution in [-0.2, 0) is 4.74 Å². The first-order valence-electron chi connectivity index (χ1n) is 5.42. The minimum atomic E-state index is -0.439. The van der Waals surface area contributed by atoms with Gasteiger partial charge in [-0.2, -0.15) is 0 Å². The van der Waals surface area contributed by atoms with Crippen molar-refractivity contribution in [2.45, 2.75) is 6.10 Å². The fraction of sp³-hybridized carbons (Fsp3) is 0.500. The van der Waals surface area contributed by atoms with Crippen LogP contribution < -0.4 is 10.6 Å². The highest BCUT2D eigenvalue weighted by atomic mass is 16.6. The van der Waals surface area contributed by atoms with Gasteiger partial charge in [0, 0.05) is 31.9 Å². The summed E-state index contributed by atoms with van der Waals surface area (Å²) in [6.45, 7) is 2.92. The molecule has 17 heavy (non-hydrogen) atoms. The van der Waals surface area contributed by atoms with E-state index in [4.69, 9.17) is 4.74 Å². The van der Waals surface area contributed by atoms with Gasteiger partial charge in [-0.1, -0.05) is 0 Å². The molecule has 0 amide bonds. The number of hydrogen-bond donors (Lipinski definition) is 2. The molecule has 1 aromatic rings. The van der Waals surface area contributed by atoms with Crippen LogP contribution in [0.15, 0.2) is 18.3 Å². The van der Waals surface area contributed by atoms with Crippen LogP contribution in [0.3, 0.4) is 0 Å². The number of rotatable bonds is 4. The summed E-state index contributed by atoms with van der Waals surface area (Å²) >= 11 is 0. The van der Waals surface area contributed by atoms with E-state index in [0.717, 1.165) is 13.1 Å². The van der Waals surface area contributed by atoms with E-state index >= 15 is 0 Å². The molecule has 0 aliphatic carbocycles. The van der Waals surface area contributed by atoms with Crippen molar-refractivity contribution in [1.82, 2.24) is 10.3 Å². The van der Waals surface area contributed by atoms with E-state index in [0.29, 0.717) is 19.0 Å². The topological polar surface area (TPSA) is 89.3 Å². The van der Waals surface area contributed by atoms with Crippen LogP contribution in [0.5, 0.6) is 0 Å². The van der Waals surface area contributed by atoms with E-state index in [1.807, 2.05) is 0 Å². The number of ether oxygens (including phenoxy) is 1. The van der Waals surface area contributed by atoms with Crippen LogP contribution in [0.2, 0.25) is 0 Å². The fourth-order valence-electron chi connectivity index (χ4n) is 1.60. The summed E-state index contributed by atoms with van der Waals surface area (Å²) in [5, 5.41) is 16.8. The Bertz CT molecular complexity index is 393. The van der Waals surface area contributed by atoms with Gasteiger partial charge < -0.3 is 15.4 Å². The molecule has 1 aliphatic heterocycles. The molecule has 1 unspecified atom stereocenters. The zero-order chi connectivity index (χ0) is 12.1. The van der Waals surface area contributed by atoms with Gasteiger partial charge in [0.2, 0.25) is 0 Å². The number of nitro groups is 1. The van der Waals surface area contributed by atoms with Crippen molar-refractivity contribution in [3.8, 4) is 0 Å². The number of anilines is 1. The molecule has 1 aliphatic rings. The number of nitrogens with one attached hydrogen (secondary N) is 2. The third kappa shape index (κ3) is 3.36. The van der Waals surface area contributed by atoms with E-state index in [9.17, 15) is 10.1 Å². The molecule has 2 N–H and O–H groups in total. The zero-order valence-electron chi connectivity index (χ0n) is 9.26. The molecule has 1 aromatic heterocycles. The predicted molar refractivity (Wildman–Crippen MR) is 62.0 cm³/mol. The maximum atomic E-state index is 10.6. The summed E-state index contributed by atoms with van der Waals surface area (Å²) in [7, 11) is 0. The highest BCUT2D eigenvalue weighted by molar-refractivity contribution is 5.44. The van der Waals surface area contributed by atoms with Crippen LogP contribution in [0.25, 0.3) is 0 Å². The number of nitrogens with zero attached hydrogens (tertiary/aromatic N) is 2. The van der Waals surface area contributed by atoms with Gasteiger partial charge in [0.05, 0.1) is 23.7 Å². The third-order valence-electron chi connectivity index (χ3n) is 2.47. The second kappa shape index (κ2) is 5.55. The molecular formula is C10H14N4O3. The zero-order valence-corrected chi connectivity index (χ0v) is 9.26. The van der Waals surface area contributed by atoms with Gasteiger partial charge in [-0.15, -0.1) is 0 Å². The Labute approximate surface area is 98.3 Å². The highest BCUT2D eigenvalue weighted by Gasteiger charge is 2.13. The van der Waals surface area contributed by atoms with E-state index < -0.39 is 4.92 Å². The largest absolute Gasteiger partial charge is 0.374 e. The molecule has 1 fully saturated rings. The number of hydrogen-bond acceptors (Lipinski definition) is 6. The average Bonchev–Trinajstić information content (AvgIpc) is 2.38. The lowest BCUT2D eigenvalue weighted by Gasteiger charge is -2.23. The van der Waals surface area contributed by atoms with Crippen LogP contribution in [-0.4, -0.2) is 42.3 Å². The monoisotopic (exact) mass is 238 g/mol. The summed E-state index contributed by atoms with van der Waals surface area (Å²) < 4.78 is 5.49. The Hall–Kier alpha value is -1.73. The second-order valence-electron chi connectivity index (χ2n) is 3.73. The fourth-order valence-corrected chi connectivity index (χ4v) is 1.60. The molecule has 2 heterocycles. The maximum Gasteiger partial charge on any atom is 0.274 e. The summed E-state index contributed by atoms with van der Waals surface area (Å²) in [5.74, 6) is 0.494. The minimum Gasteiger partial charge on any atom is -0.374 e. The average molecular weight is 238 g/mol. The van der Waals surface area contributed by atoms with Gasteiger partial charge in [-0.3, -0.25) is 10.1 Å². The normalized spacial score (nSPS) is 19.9. The highest BCUT2D eigenvalue weighted by Crippen LogP contribution is 2.14. The first-order valence-corrected chi connectivity index (χ1v) is 5.42. The van der Waals surface area contributed by atoms with E-state index in [2.05, 4.69) is 15.6 Å². The van der Waals surface area contributed by atoms with Crippen molar-refractivity contribution in [3.05, 3.63) is 28.4 Å². The molecule has 7 heteroatoms. The SMILES string of the molecule is O=[N+]([O-])c1ccnc(NCC2CNCCO2)c1. The molecule has 0 spiro atoms. The van der Waals surface area contributed by atoms with Crippen molar-refractivity contribution in [1.29, 1.82) is 0 Å². The van der Waals surface area contributed by atoms with Gasteiger partial charge >= 0.3 is 0 Å². The molecule has 7 nitrogen and oxygen atoms in total. The maximum absolute atomic E-state index is 10.6. The Morgan fingerprint density at radius 1 is 1.71 bits per heavy atom. The molecular weight excluding hydrogens is 224 g/mol. The summed E-state index contributed by atoms with van der Waals surface area (Å²) in [4.78, 5) is 14.2. The molecule has 0 radical (unpaired) electrons. The van der Waals surface area contributed by atoms with Gasteiger partial charge in [-0.05, 0) is 0 Å². The molecule has 92 valence electrons. The van der Waals surface area contributed by atoms with Gasteiger partial charge in [0.15, 0.2) is 0 Å². The summed E-state index contributed by atoms with van der Waals surface area (Å²) in [6.07, 6.45) is 1.49. The number of morpholine rings is 1. The molecule has 2 rings (SSSR count). The standard InChI is InChI=1S/C10H14N4O3/c15-14(16)8-1-2-12-10(5-8)13-7-9-6-11-3-4-17-9/h1-2,5,9,11H,3-4,6-7H2,(H,12,13). The molecule has 0 bridgehead atoms. The first kappa shape index (κ1) is 11.7. The Morgan fingerprint density at radius 2 is 2.59 bits per heavy atom.